The zero-order chi connectivity index (χ0) is 19.0. The molecule has 0 bridgehead atoms. The number of carbonyl (C=O) groups excluding carboxylic acids is 1. The molecule has 1 aromatic carbocycles. The Labute approximate surface area is 164 Å². The van der Waals surface area contributed by atoms with Gasteiger partial charge in [0.15, 0.2) is 9.84 Å². The first-order valence-corrected chi connectivity index (χ1v) is 12.0. The second kappa shape index (κ2) is 7.37. The topological polar surface area (TPSA) is 57.7 Å². The summed E-state index contributed by atoms with van der Waals surface area (Å²) in [6.07, 6.45) is 1.49. The Morgan fingerprint density at radius 1 is 1.26 bits per heavy atom. The quantitative estimate of drug-likeness (QED) is 0.785. The van der Waals surface area contributed by atoms with Crippen molar-refractivity contribution in [2.45, 2.75) is 24.9 Å². The summed E-state index contributed by atoms with van der Waals surface area (Å²) in [7, 11) is -1.26. The molecule has 2 atom stereocenters. The van der Waals surface area contributed by atoms with Crippen LogP contribution in [0, 0.1) is 0 Å². The first-order chi connectivity index (χ1) is 12.9. The number of nitrogens with zero attached hydrogens (tertiary/aromatic N) is 2. The summed E-state index contributed by atoms with van der Waals surface area (Å²) < 4.78 is 23.5. The highest BCUT2D eigenvalue weighted by Crippen LogP contribution is 2.37. The molecule has 2 aliphatic rings. The van der Waals surface area contributed by atoms with Gasteiger partial charge in [-0.1, -0.05) is 30.3 Å². The highest BCUT2D eigenvalue weighted by atomic mass is 32.2. The summed E-state index contributed by atoms with van der Waals surface area (Å²) in [6.45, 7) is 1.14. The van der Waals surface area contributed by atoms with Gasteiger partial charge in [0.2, 0.25) is 5.91 Å². The van der Waals surface area contributed by atoms with Gasteiger partial charge in [-0.3, -0.25) is 9.69 Å². The standard InChI is InChI=1S/C20H24N2O3S2/c1-21(16-9-12-27(24,25)14-16)19(23)13-22-10-7-18-17(8-11-26-18)20(22)15-5-3-2-4-6-15/h2-6,8,11,16,20H,7,9-10,12-14H2,1H3/t16-,20-/m1/s1. The normalized spacial score (nSPS) is 24.5. The Bertz CT molecular complexity index is 924. The Hall–Kier alpha value is -1.70. The van der Waals surface area contributed by atoms with Crippen LogP contribution < -0.4 is 0 Å². The molecule has 1 aromatic heterocycles. The van der Waals surface area contributed by atoms with E-state index in [0.717, 1.165) is 13.0 Å². The molecule has 0 radical (unpaired) electrons. The van der Waals surface area contributed by atoms with Crippen LogP contribution in [-0.2, 0) is 21.1 Å². The number of rotatable bonds is 4. The van der Waals surface area contributed by atoms with E-state index in [4.69, 9.17) is 0 Å². The molecule has 0 unspecified atom stereocenters. The van der Waals surface area contributed by atoms with Crippen molar-refractivity contribution in [2.75, 3.05) is 31.6 Å². The maximum Gasteiger partial charge on any atom is 0.236 e. The predicted octanol–water partition coefficient (Wildman–Crippen LogP) is 2.34. The summed E-state index contributed by atoms with van der Waals surface area (Å²) in [5.74, 6) is 0.271. The number of hydrogen-bond acceptors (Lipinski definition) is 5. The van der Waals surface area contributed by atoms with Crippen molar-refractivity contribution >= 4 is 27.1 Å². The van der Waals surface area contributed by atoms with Gasteiger partial charge < -0.3 is 4.90 Å². The van der Waals surface area contributed by atoms with Crippen molar-refractivity contribution in [1.29, 1.82) is 0 Å². The highest BCUT2D eigenvalue weighted by Gasteiger charge is 2.35. The summed E-state index contributed by atoms with van der Waals surface area (Å²) in [6, 6.07) is 12.3. The molecule has 1 saturated heterocycles. The second-order valence-corrected chi connectivity index (χ2v) is 10.6. The molecule has 0 spiro atoms. The molecule has 2 aromatic rings. The Balaban J connectivity index is 1.54. The molecule has 5 nitrogen and oxygen atoms in total. The minimum Gasteiger partial charge on any atom is -0.341 e. The fourth-order valence-electron chi connectivity index (χ4n) is 4.13. The lowest BCUT2D eigenvalue weighted by atomic mass is 9.93. The molecule has 0 aliphatic carbocycles. The smallest absolute Gasteiger partial charge is 0.236 e. The van der Waals surface area contributed by atoms with E-state index in [-0.39, 0.29) is 29.5 Å². The summed E-state index contributed by atoms with van der Waals surface area (Å²) >= 11 is 1.78. The summed E-state index contributed by atoms with van der Waals surface area (Å²) in [5, 5.41) is 2.13. The molecule has 3 heterocycles. The highest BCUT2D eigenvalue weighted by molar-refractivity contribution is 7.91. The number of sulfone groups is 1. The lowest BCUT2D eigenvalue weighted by Crippen LogP contribution is -2.46. The minimum absolute atomic E-state index is 0.00305. The van der Waals surface area contributed by atoms with Gasteiger partial charge in [-0.05, 0) is 35.4 Å². The molecular formula is C20H24N2O3S2. The van der Waals surface area contributed by atoms with Gasteiger partial charge in [-0.15, -0.1) is 11.3 Å². The van der Waals surface area contributed by atoms with Crippen molar-refractivity contribution in [3.05, 3.63) is 57.8 Å². The number of thiophene rings is 1. The van der Waals surface area contributed by atoms with E-state index < -0.39 is 9.84 Å². The van der Waals surface area contributed by atoms with E-state index in [2.05, 4.69) is 28.5 Å². The largest absolute Gasteiger partial charge is 0.341 e. The number of fused-ring (bicyclic) bond motifs is 1. The first kappa shape index (κ1) is 18.7. The SMILES string of the molecule is CN(C(=O)CN1CCc2sccc2[C@H]1c1ccccc1)[C@@H]1CCS(=O)(=O)C1. The molecule has 1 amide bonds. The van der Waals surface area contributed by atoms with Crippen molar-refractivity contribution in [2.24, 2.45) is 0 Å². The number of hydrogen-bond donors (Lipinski definition) is 0. The van der Waals surface area contributed by atoms with Crippen LogP contribution in [0.5, 0.6) is 0 Å². The Morgan fingerprint density at radius 3 is 2.74 bits per heavy atom. The Morgan fingerprint density at radius 2 is 2.04 bits per heavy atom. The zero-order valence-corrected chi connectivity index (χ0v) is 17.0. The van der Waals surface area contributed by atoms with E-state index in [9.17, 15) is 13.2 Å². The van der Waals surface area contributed by atoms with Crippen LogP contribution in [0.15, 0.2) is 41.8 Å². The van der Waals surface area contributed by atoms with Gasteiger partial charge in [-0.25, -0.2) is 8.42 Å². The number of benzene rings is 1. The summed E-state index contributed by atoms with van der Waals surface area (Å²) in [5.41, 5.74) is 2.48. The molecule has 2 aliphatic heterocycles. The van der Waals surface area contributed by atoms with Gasteiger partial charge in [0.25, 0.3) is 0 Å². The average molecular weight is 405 g/mol. The van der Waals surface area contributed by atoms with Gasteiger partial charge in [0, 0.05) is 24.5 Å². The molecule has 0 saturated carbocycles. The fourth-order valence-corrected chi connectivity index (χ4v) is 6.81. The van der Waals surface area contributed by atoms with Crippen LogP contribution in [0.2, 0.25) is 0 Å². The maximum atomic E-state index is 12.9. The van der Waals surface area contributed by atoms with E-state index in [1.807, 2.05) is 18.2 Å². The van der Waals surface area contributed by atoms with E-state index in [0.29, 0.717) is 13.0 Å². The molecule has 7 heteroatoms. The zero-order valence-electron chi connectivity index (χ0n) is 15.4. The first-order valence-electron chi connectivity index (χ1n) is 9.26. The fraction of sp³-hybridized carbons (Fsp3) is 0.450. The third kappa shape index (κ3) is 3.81. The van der Waals surface area contributed by atoms with Crippen LogP contribution in [0.3, 0.4) is 0 Å². The second-order valence-electron chi connectivity index (χ2n) is 7.39. The predicted molar refractivity (Wildman–Crippen MR) is 108 cm³/mol. The molecule has 27 heavy (non-hydrogen) atoms. The van der Waals surface area contributed by atoms with Crippen molar-refractivity contribution in [3.63, 3.8) is 0 Å². The summed E-state index contributed by atoms with van der Waals surface area (Å²) in [4.78, 5) is 18.2. The van der Waals surface area contributed by atoms with E-state index in [1.165, 1.54) is 16.0 Å². The number of likely N-dealkylation sites (N-methyl/N-ethyl adjacent to an activating group) is 1. The van der Waals surface area contributed by atoms with Crippen molar-refractivity contribution < 1.29 is 13.2 Å². The van der Waals surface area contributed by atoms with Crippen molar-refractivity contribution in [1.82, 2.24) is 9.80 Å². The van der Waals surface area contributed by atoms with Crippen LogP contribution in [-0.4, -0.2) is 61.8 Å². The Kier molecular flexibility index (Phi) is 5.09. The minimum atomic E-state index is -3.00. The monoisotopic (exact) mass is 404 g/mol. The van der Waals surface area contributed by atoms with Crippen molar-refractivity contribution in [3.8, 4) is 0 Å². The van der Waals surface area contributed by atoms with Crippen LogP contribution in [0.25, 0.3) is 0 Å². The lowest BCUT2D eigenvalue weighted by Gasteiger charge is -2.37. The maximum absolute atomic E-state index is 12.9. The molecule has 144 valence electrons. The third-order valence-electron chi connectivity index (χ3n) is 5.67. The third-order valence-corrected chi connectivity index (χ3v) is 8.42. The van der Waals surface area contributed by atoms with Gasteiger partial charge in [-0.2, -0.15) is 0 Å². The van der Waals surface area contributed by atoms with Crippen LogP contribution in [0.4, 0.5) is 0 Å². The molecule has 0 N–H and O–H groups in total. The van der Waals surface area contributed by atoms with E-state index >= 15 is 0 Å². The van der Waals surface area contributed by atoms with E-state index in [1.54, 1.807) is 23.3 Å². The average Bonchev–Trinajstić information content (AvgIpc) is 3.27. The van der Waals surface area contributed by atoms with Gasteiger partial charge in [0.1, 0.15) is 0 Å². The molecular weight excluding hydrogens is 380 g/mol. The van der Waals surface area contributed by atoms with Crippen LogP contribution in [0.1, 0.15) is 28.5 Å². The number of amides is 1. The molecule has 1 fully saturated rings. The van der Waals surface area contributed by atoms with Gasteiger partial charge >= 0.3 is 0 Å². The number of carbonyl (C=O) groups is 1. The lowest BCUT2D eigenvalue weighted by molar-refractivity contribution is -0.133. The van der Waals surface area contributed by atoms with Gasteiger partial charge in [0.05, 0.1) is 24.1 Å². The van der Waals surface area contributed by atoms with Crippen LogP contribution >= 0.6 is 11.3 Å². The molecule has 4 rings (SSSR count).